The smallest absolute Gasteiger partial charge is 0.237 e. The molecule has 1 amide bonds. The monoisotopic (exact) mass is 278 g/mol. The summed E-state index contributed by atoms with van der Waals surface area (Å²) in [5.41, 5.74) is 0.876. The van der Waals surface area contributed by atoms with Gasteiger partial charge in [-0.3, -0.25) is 9.69 Å². The molecule has 20 heavy (non-hydrogen) atoms. The van der Waals surface area contributed by atoms with E-state index in [9.17, 15) is 4.79 Å². The molecule has 2 fully saturated rings. The van der Waals surface area contributed by atoms with E-state index in [-0.39, 0.29) is 11.9 Å². The lowest BCUT2D eigenvalue weighted by Crippen LogP contribution is -2.48. The minimum absolute atomic E-state index is 0.0756. The number of aryl methyl sites for hydroxylation is 1. The van der Waals surface area contributed by atoms with Gasteiger partial charge in [-0.25, -0.2) is 0 Å². The third-order valence-electron chi connectivity index (χ3n) is 4.12. The number of aromatic nitrogens is 1. The molecule has 6 heteroatoms. The van der Waals surface area contributed by atoms with Gasteiger partial charge in [0.2, 0.25) is 5.91 Å². The Morgan fingerprint density at radius 3 is 2.95 bits per heavy atom. The van der Waals surface area contributed by atoms with Crippen molar-refractivity contribution in [1.29, 1.82) is 0 Å². The van der Waals surface area contributed by atoms with E-state index in [0.717, 1.165) is 57.0 Å². The van der Waals surface area contributed by atoms with Crippen LogP contribution in [0.5, 0.6) is 0 Å². The van der Waals surface area contributed by atoms with E-state index >= 15 is 0 Å². The molecule has 1 atom stereocenters. The van der Waals surface area contributed by atoms with Gasteiger partial charge in [0.15, 0.2) is 5.76 Å². The van der Waals surface area contributed by atoms with E-state index in [1.165, 1.54) is 0 Å². The summed E-state index contributed by atoms with van der Waals surface area (Å²) < 4.78 is 5.35. The Morgan fingerprint density at radius 1 is 1.45 bits per heavy atom. The third kappa shape index (κ3) is 2.86. The van der Waals surface area contributed by atoms with Crippen LogP contribution in [0, 0.1) is 6.92 Å². The standard InChI is InChI=1S/C14H22N4O2/c1-11-9-13(20-16-11)12-3-2-6-18(12)14(19)10-17-7-4-15-5-8-17/h9,12,15H,2-8,10H2,1H3. The fraction of sp³-hybridized carbons (Fsp3) is 0.714. The summed E-state index contributed by atoms with van der Waals surface area (Å²) in [5, 5.41) is 7.24. The summed E-state index contributed by atoms with van der Waals surface area (Å²) in [6.45, 7) is 7.10. The molecule has 110 valence electrons. The predicted octanol–water partition coefficient (Wildman–Crippen LogP) is 0.552. The number of likely N-dealkylation sites (tertiary alicyclic amines) is 1. The molecular weight excluding hydrogens is 256 g/mol. The molecule has 0 spiro atoms. The SMILES string of the molecule is Cc1cc(C2CCCN2C(=O)CN2CCNCC2)on1. The Labute approximate surface area is 119 Å². The highest BCUT2D eigenvalue weighted by atomic mass is 16.5. The van der Waals surface area contributed by atoms with Crippen LogP contribution in [0.25, 0.3) is 0 Å². The highest BCUT2D eigenvalue weighted by molar-refractivity contribution is 5.79. The summed E-state index contributed by atoms with van der Waals surface area (Å²) in [6.07, 6.45) is 2.01. The van der Waals surface area contributed by atoms with Crippen LogP contribution in [-0.2, 0) is 4.79 Å². The first-order valence-corrected chi connectivity index (χ1v) is 7.40. The predicted molar refractivity (Wildman–Crippen MR) is 74.2 cm³/mol. The zero-order valence-corrected chi connectivity index (χ0v) is 12.0. The van der Waals surface area contributed by atoms with Gasteiger partial charge in [0, 0.05) is 38.8 Å². The van der Waals surface area contributed by atoms with Crippen molar-refractivity contribution in [2.24, 2.45) is 0 Å². The second-order valence-corrected chi connectivity index (χ2v) is 5.64. The number of hydrogen-bond acceptors (Lipinski definition) is 5. The van der Waals surface area contributed by atoms with Crippen molar-refractivity contribution in [2.75, 3.05) is 39.3 Å². The van der Waals surface area contributed by atoms with Crippen LogP contribution in [0.4, 0.5) is 0 Å². The van der Waals surface area contributed by atoms with E-state index in [1.807, 2.05) is 17.9 Å². The van der Waals surface area contributed by atoms with Crippen molar-refractivity contribution >= 4 is 5.91 Å². The second kappa shape index (κ2) is 5.93. The molecule has 1 N–H and O–H groups in total. The molecule has 0 aliphatic carbocycles. The lowest BCUT2D eigenvalue weighted by Gasteiger charge is -2.30. The van der Waals surface area contributed by atoms with Gasteiger partial charge in [-0.15, -0.1) is 0 Å². The number of rotatable bonds is 3. The van der Waals surface area contributed by atoms with Crippen molar-refractivity contribution in [3.63, 3.8) is 0 Å². The Hall–Kier alpha value is -1.40. The normalized spacial score (nSPS) is 24.2. The minimum atomic E-state index is 0.0756. The van der Waals surface area contributed by atoms with E-state index in [0.29, 0.717) is 6.54 Å². The zero-order chi connectivity index (χ0) is 13.9. The lowest BCUT2D eigenvalue weighted by atomic mass is 10.1. The van der Waals surface area contributed by atoms with Crippen LogP contribution in [-0.4, -0.2) is 60.1 Å². The topological polar surface area (TPSA) is 61.6 Å². The van der Waals surface area contributed by atoms with Gasteiger partial charge >= 0.3 is 0 Å². The van der Waals surface area contributed by atoms with Crippen molar-refractivity contribution in [3.8, 4) is 0 Å². The molecule has 3 heterocycles. The van der Waals surface area contributed by atoms with Gasteiger partial charge in [0.1, 0.15) is 0 Å². The zero-order valence-electron chi connectivity index (χ0n) is 12.0. The number of piperazine rings is 1. The van der Waals surface area contributed by atoms with Crippen LogP contribution in [0.3, 0.4) is 0 Å². The van der Waals surface area contributed by atoms with Gasteiger partial charge in [-0.1, -0.05) is 5.16 Å². The highest BCUT2D eigenvalue weighted by Crippen LogP contribution is 2.32. The Bertz CT molecular complexity index is 467. The highest BCUT2D eigenvalue weighted by Gasteiger charge is 2.33. The summed E-state index contributed by atoms with van der Waals surface area (Å²) in [5.74, 6) is 1.04. The van der Waals surface area contributed by atoms with E-state index in [1.54, 1.807) is 0 Å². The van der Waals surface area contributed by atoms with Gasteiger partial charge in [0.05, 0.1) is 18.3 Å². The lowest BCUT2D eigenvalue weighted by molar-refractivity contribution is -0.133. The number of nitrogens with one attached hydrogen (secondary N) is 1. The number of nitrogens with zero attached hydrogens (tertiary/aromatic N) is 3. The average molecular weight is 278 g/mol. The second-order valence-electron chi connectivity index (χ2n) is 5.64. The Morgan fingerprint density at radius 2 is 2.25 bits per heavy atom. The average Bonchev–Trinajstić information content (AvgIpc) is 3.08. The number of amides is 1. The molecule has 1 aromatic rings. The maximum absolute atomic E-state index is 12.5. The quantitative estimate of drug-likeness (QED) is 0.875. The summed E-state index contributed by atoms with van der Waals surface area (Å²) in [4.78, 5) is 16.7. The molecule has 0 saturated carbocycles. The van der Waals surface area contributed by atoms with E-state index < -0.39 is 0 Å². The molecule has 0 radical (unpaired) electrons. The first-order valence-electron chi connectivity index (χ1n) is 7.40. The minimum Gasteiger partial charge on any atom is -0.359 e. The van der Waals surface area contributed by atoms with Gasteiger partial charge < -0.3 is 14.7 Å². The van der Waals surface area contributed by atoms with Crippen molar-refractivity contribution in [2.45, 2.75) is 25.8 Å². The molecule has 2 aliphatic heterocycles. The van der Waals surface area contributed by atoms with Gasteiger partial charge in [-0.05, 0) is 19.8 Å². The molecular formula is C14H22N4O2. The van der Waals surface area contributed by atoms with Crippen molar-refractivity contribution in [3.05, 3.63) is 17.5 Å². The molecule has 2 saturated heterocycles. The first-order chi connectivity index (χ1) is 9.74. The Kier molecular flexibility index (Phi) is 4.03. The Balaban J connectivity index is 1.63. The fourth-order valence-corrected chi connectivity index (χ4v) is 3.05. The van der Waals surface area contributed by atoms with Crippen molar-refractivity contribution < 1.29 is 9.32 Å². The summed E-state index contributed by atoms with van der Waals surface area (Å²) in [7, 11) is 0. The maximum atomic E-state index is 12.5. The molecule has 6 nitrogen and oxygen atoms in total. The maximum Gasteiger partial charge on any atom is 0.237 e. The third-order valence-corrected chi connectivity index (χ3v) is 4.12. The fourth-order valence-electron chi connectivity index (χ4n) is 3.05. The van der Waals surface area contributed by atoms with Crippen LogP contribution in [0.15, 0.2) is 10.6 Å². The molecule has 1 aromatic heterocycles. The van der Waals surface area contributed by atoms with Crippen LogP contribution >= 0.6 is 0 Å². The molecule has 2 aliphatic rings. The summed E-state index contributed by atoms with van der Waals surface area (Å²) >= 11 is 0. The van der Waals surface area contributed by atoms with Crippen LogP contribution < -0.4 is 5.32 Å². The number of carbonyl (C=O) groups is 1. The van der Waals surface area contributed by atoms with E-state index in [2.05, 4.69) is 15.4 Å². The summed E-state index contributed by atoms with van der Waals surface area (Å²) in [6, 6.07) is 2.02. The number of hydrogen-bond donors (Lipinski definition) is 1. The largest absolute Gasteiger partial charge is 0.359 e. The van der Waals surface area contributed by atoms with Gasteiger partial charge in [0.25, 0.3) is 0 Å². The van der Waals surface area contributed by atoms with Crippen molar-refractivity contribution in [1.82, 2.24) is 20.3 Å². The molecule has 0 aromatic carbocycles. The molecule has 1 unspecified atom stereocenters. The number of carbonyl (C=O) groups excluding carboxylic acids is 1. The molecule has 3 rings (SSSR count). The van der Waals surface area contributed by atoms with Gasteiger partial charge in [-0.2, -0.15) is 0 Å². The van der Waals surface area contributed by atoms with Crippen LogP contribution in [0.2, 0.25) is 0 Å². The first kappa shape index (κ1) is 13.6. The van der Waals surface area contributed by atoms with E-state index in [4.69, 9.17) is 4.52 Å². The van der Waals surface area contributed by atoms with Crippen LogP contribution in [0.1, 0.15) is 30.3 Å². The molecule has 0 bridgehead atoms.